The number of benzene rings is 2. The number of aromatic amines is 2. The Labute approximate surface area is 120 Å². The average Bonchev–Trinajstić information content (AvgIpc) is 2.50. The molecular weight excluding hydrogens is 266 g/mol. The molecule has 3 rings (SSSR count). The van der Waals surface area contributed by atoms with Crippen LogP contribution in [0.5, 0.6) is 0 Å². The first-order valence-electron chi connectivity index (χ1n) is 6.67. The van der Waals surface area contributed by atoms with Crippen molar-refractivity contribution in [1.82, 2.24) is 10.2 Å². The lowest BCUT2D eigenvalue weighted by atomic mass is 10.1. The number of aryl methyl sites for hydroxylation is 1. The number of aromatic nitrogens is 2. The van der Waals surface area contributed by atoms with E-state index in [0.29, 0.717) is 17.3 Å². The van der Waals surface area contributed by atoms with Gasteiger partial charge in [0.15, 0.2) is 0 Å². The molecule has 3 aromatic rings. The molecule has 0 saturated heterocycles. The van der Waals surface area contributed by atoms with Crippen molar-refractivity contribution in [3.8, 4) is 0 Å². The van der Waals surface area contributed by atoms with Gasteiger partial charge in [0.2, 0.25) is 0 Å². The summed E-state index contributed by atoms with van der Waals surface area (Å²) in [5.74, 6) is 0. The Morgan fingerprint density at radius 2 is 1.57 bits per heavy atom. The Hall–Kier alpha value is -2.82. The van der Waals surface area contributed by atoms with Crippen LogP contribution >= 0.6 is 0 Å². The first kappa shape index (κ1) is 13.2. The summed E-state index contributed by atoms with van der Waals surface area (Å²) < 4.78 is 0. The molecular formula is C16H15N3O2. The molecule has 2 aromatic carbocycles. The molecule has 0 aliphatic rings. The van der Waals surface area contributed by atoms with Crippen molar-refractivity contribution in [1.29, 1.82) is 0 Å². The Kier molecular flexibility index (Phi) is 3.31. The predicted octanol–water partition coefficient (Wildman–Crippen LogP) is 2.14. The van der Waals surface area contributed by atoms with E-state index in [9.17, 15) is 9.59 Å². The van der Waals surface area contributed by atoms with E-state index >= 15 is 0 Å². The summed E-state index contributed by atoms with van der Waals surface area (Å²) in [7, 11) is 0. The van der Waals surface area contributed by atoms with Crippen LogP contribution in [-0.2, 0) is 6.54 Å². The normalized spacial score (nSPS) is 10.7. The van der Waals surface area contributed by atoms with Crippen molar-refractivity contribution in [2.75, 3.05) is 5.32 Å². The lowest BCUT2D eigenvalue weighted by molar-refractivity contribution is 0.976. The zero-order valence-corrected chi connectivity index (χ0v) is 11.6. The van der Waals surface area contributed by atoms with Crippen molar-refractivity contribution < 1.29 is 0 Å². The van der Waals surface area contributed by atoms with E-state index in [1.165, 1.54) is 5.56 Å². The van der Waals surface area contributed by atoms with E-state index in [4.69, 9.17) is 0 Å². The predicted molar refractivity (Wildman–Crippen MR) is 83.7 cm³/mol. The summed E-state index contributed by atoms with van der Waals surface area (Å²) >= 11 is 0. The summed E-state index contributed by atoms with van der Waals surface area (Å²) in [6.07, 6.45) is 0. The number of nitrogens with one attached hydrogen (secondary N) is 3. The molecule has 1 heterocycles. The number of rotatable bonds is 3. The molecule has 0 aliphatic heterocycles. The Morgan fingerprint density at radius 1 is 0.905 bits per heavy atom. The molecule has 1 aromatic heterocycles. The maximum atomic E-state index is 11.7. The minimum Gasteiger partial charge on any atom is -0.381 e. The summed E-state index contributed by atoms with van der Waals surface area (Å²) in [6.45, 7) is 2.71. The molecule has 106 valence electrons. The fourth-order valence-corrected chi connectivity index (χ4v) is 2.20. The van der Waals surface area contributed by atoms with Crippen LogP contribution in [-0.4, -0.2) is 10.2 Å². The first-order chi connectivity index (χ1) is 10.1. The Balaban J connectivity index is 1.88. The van der Waals surface area contributed by atoms with Gasteiger partial charge in [0.25, 0.3) is 11.1 Å². The molecule has 0 radical (unpaired) electrons. The second-order valence-corrected chi connectivity index (χ2v) is 5.01. The zero-order chi connectivity index (χ0) is 14.8. The lowest BCUT2D eigenvalue weighted by Crippen LogP contribution is -2.18. The SMILES string of the molecule is Cc1ccc(CNc2ccc3c(=O)[nH][nH]c(=O)c3c2)cc1. The van der Waals surface area contributed by atoms with Gasteiger partial charge in [-0.3, -0.25) is 19.8 Å². The fraction of sp³-hybridized carbons (Fsp3) is 0.125. The highest BCUT2D eigenvalue weighted by Crippen LogP contribution is 2.14. The van der Waals surface area contributed by atoms with Gasteiger partial charge < -0.3 is 5.32 Å². The number of fused-ring (bicyclic) bond motifs is 1. The highest BCUT2D eigenvalue weighted by molar-refractivity contribution is 5.83. The topological polar surface area (TPSA) is 77.8 Å². The molecule has 0 amide bonds. The van der Waals surface area contributed by atoms with Gasteiger partial charge in [-0.05, 0) is 30.7 Å². The minimum atomic E-state index is -0.302. The molecule has 5 nitrogen and oxygen atoms in total. The van der Waals surface area contributed by atoms with Gasteiger partial charge in [0, 0.05) is 12.2 Å². The van der Waals surface area contributed by atoms with Crippen LogP contribution in [0, 0.1) is 6.92 Å². The third-order valence-corrected chi connectivity index (χ3v) is 3.42. The third kappa shape index (κ3) is 2.72. The van der Waals surface area contributed by atoms with Gasteiger partial charge in [-0.1, -0.05) is 29.8 Å². The van der Waals surface area contributed by atoms with Crippen molar-refractivity contribution in [2.45, 2.75) is 13.5 Å². The molecule has 21 heavy (non-hydrogen) atoms. The van der Waals surface area contributed by atoms with Crippen LogP contribution in [0.3, 0.4) is 0 Å². The van der Waals surface area contributed by atoms with Crippen molar-refractivity contribution in [3.63, 3.8) is 0 Å². The maximum Gasteiger partial charge on any atom is 0.270 e. The molecule has 0 aliphatic carbocycles. The Bertz CT molecular complexity index is 892. The Morgan fingerprint density at radius 3 is 2.29 bits per heavy atom. The van der Waals surface area contributed by atoms with Gasteiger partial charge in [-0.25, -0.2) is 0 Å². The van der Waals surface area contributed by atoms with Crippen LogP contribution in [0.1, 0.15) is 11.1 Å². The average molecular weight is 281 g/mol. The van der Waals surface area contributed by atoms with Gasteiger partial charge in [0.05, 0.1) is 10.8 Å². The molecule has 3 N–H and O–H groups in total. The standard InChI is InChI=1S/C16H15N3O2/c1-10-2-4-11(5-3-10)9-17-12-6-7-13-14(8-12)16(21)19-18-15(13)20/h2-8,17H,9H2,1H3,(H,18,20)(H,19,21). The minimum absolute atomic E-state index is 0.297. The maximum absolute atomic E-state index is 11.7. The van der Waals surface area contributed by atoms with E-state index in [-0.39, 0.29) is 11.1 Å². The van der Waals surface area contributed by atoms with Gasteiger partial charge in [-0.15, -0.1) is 0 Å². The second-order valence-electron chi connectivity index (χ2n) is 5.01. The molecule has 0 bridgehead atoms. The summed E-state index contributed by atoms with van der Waals surface area (Å²) in [5, 5.41) is 8.67. The highest BCUT2D eigenvalue weighted by atomic mass is 16.1. The number of H-pyrrole nitrogens is 2. The van der Waals surface area contributed by atoms with Gasteiger partial charge in [0.1, 0.15) is 0 Å². The van der Waals surface area contributed by atoms with Crippen LogP contribution in [0.2, 0.25) is 0 Å². The van der Waals surface area contributed by atoms with E-state index < -0.39 is 0 Å². The van der Waals surface area contributed by atoms with Crippen molar-refractivity contribution >= 4 is 16.5 Å². The monoisotopic (exact) mass is 281 g/mol. The van der Waals surface area contributed by atoms with Crippen molar-refractivity contribution in [2.24, 2.45) is 0 Å². The molecule has 0 spiro atoms. The third-order valence-electron chi connectivity index (χ3n) is 3.42. The fourth-order valence-electron chi connectivity index (χ4n) is 2.20. The summed E-state index contributed by atoms with van der Waals surface area (Å²) in [4.78, 5) is 23.3. The lowest BCUT2D eigenvalue weighted by Gasteiger charge is -2.07. The van der Waals surface area contributed by atoms with Crippen LogP contribution in [0.15, 0.2) is 52.1 Å². The van der Waals surface area contributed by atoms with Crippen LogP contribution < -0.4 is 16.4 Å². The molecule has 0 saturated carbocycles. The van der Waals surface area contributed by atoms with E-state index in [1.54, 1.807) is 18.2 Å². The smallest absolute Gasteiger partial charge is 0.270 e. The summed E-state index contributed by atoms with van der Waals surface area (Å²) in [5.41, 5.74) is 2.58. The molecule has 0 unspecified atom stereocenters. The van der Waals surface area contributed by atoms with E-state index in [2.05, 4.69) is 39.8 Å². The second kappa shape index (κ2) is 5.28. The molecule has 5 heteroatoms. The zero-order valence-electron chi connectivity index (χ0n) is 11.6. The number of hydrogen-bond acceptors (Lipinski definition) is 3. The highest BCUT2D eigenvalue weighted by Gasteiger charge is 2.04. The van der Waals surface area contributed by atoms with Gasteiger partial charge >= 0.3 is 0 Å². The van der Waals surface area contributed by atoms with Crippen LogP contribution in [0.4, 0.5) is 5.69 Å². The largest absolute Gasteiger partial charge is 0.381 e. The number of anilines is 1. The quantitative estimate of drug-likeness (QED) is 0.688. The van der Waals surface area contributed by atoms with Gasteiger partial charge in [-0.2, -0.15) is 0 Å². The van der Waals surface area contributed by atoms with Crippen molar-refractivity contribution in [3.05, 3.63) is 74.3 Å². The summed E-state index contributed by atoms with van der Waals surface area (Å²) in [6, 6.07) is 13.4. The molecule has 0 fully saturated rings. The molecule has 0 atom stereocenters. The number of hydrogen-bond donors (Lipinski definition) is 3. The van der Waals surface area contributed by atoms with Crippen LogP contribution in [0.25, 0.3) is 10.8 Å². The first-order valence-corrected chi connectivity index (χ1v) is 6.67. The van der Waals surface area contributed by atoms with E-state index in [0.717, 1.165) is 11.3 Å². The van der Waals surface area contributed by atoms with E-state index in [1.807, 2.05) is 6.92 Å².